The summed E-state index contributed by atoms with van der Waals surface area (Å²) in [6.45, 7) is 0.409. The predicted octanol–water partition coefficient (Wildman–Crippen LogP) is 0.896. The van der Waals surface area contributed by atoms with E-state index in [4.69, 9.17) is 6.42 Å². The van der Waals surface area contributed by atoms with Crippen molar-refractivity contribution in [3.8, 4) is 12.3 Å². The first-order valence-corrected chi connectivity index (χ1v) is 4.99. The second kappa shape index (κ2) is 4.25. The third-order valence-corrected chi connectivity index (χ3v) is 2.45. The molecule has 0 aliphatic rings. The van der Waals surface area contributed by atoms with Crippen LogP contribution < -0.4 is 4.90 Å². The maximum Gasteiger partial charge on any atom is 0.154 e. The van der Waals surface area contributed by atoms with Crippen molar-refractivity contribution in [3.05, 3.63) is 30.1 Å². The molecule has 16 heavy (non-hydrogen) atoms. The maximum absolute atomic E-state index is 9.38. The summed E-state index contributed by atoms with van der Waals surface area (Å²) in [7, 11) is 1.86. The van der Waals surface area contributed by atoms with Crippen molar-refractivity contribution in [1.82, 2.24) is 9.38 Å². The number of terminal acetylenes is 1. The summed E-state index contributed by atoms with van der Waals surface area (Å²) in [4.78, 5) is 6.28. The van der Waals surface area contributed by atoms with Crippen LogP contribution in [0.15, 0.2) is 24.4 Å². The van der Waals surface area contributed by atoms with Crippen LogP contribution in [-0.2, 0) is 6.61 Å². The summed E-state index contributed by atoms with van der Waals surface area (Å²) < 4.78 is 1.86. The Hall–Kier alpha value is -1.99. The molecule has 0 unspecified atom stereocenters. The summed E-state index contributed by atoms with van der Waals surface area (Å²) in [5.41, 5.74) is 1.57. The molecule has 4 nitrogen and oxygen atoms in total. The first-order valence-electron chi connectivity index (χ1n) is 4.99. The molecule has 0 aromatic carbocycles. The Kier molecular flexibility index (Phi) is 2.80. The van der Waals surface area contributed by atoms with Gasteiger partial charge < -0.3 is 10.0 Å². The zero-order chi connectivity index (χ0) is 11.5. The molecule has 2 rings (SSSR count). The fraction of sp³-hybridized carbons (Fsp3) is 0.250. The molecule has 0 amide bonds. The lowest BCUT2D eigenvalue weighted by molar-refractivity contribution is 0.276. The zero-order valence-electron chi connectivity index (χ0n) is 9.09. The third-order valence-electron chi connectivity index (χ3n) is 2.45. The van der Waals surface area contributed by atoms with Gasteiger partial charge in [-0.2, -0.15) is 0 Å². The fourth-order valence-electron chi connectivity index (χ4n) is 1.70. The molecule has 2 heterocycles. The summed E-state index contributed by atoms with van der Waals surface area (Å²) in [6, 6.07) is 5.71. The van der Waals surface area contributed by atoms with Crippen molar-refractivity contribution in [2.75, 3.05) is 18.5 Å². The van der Waals surface area contributed by atoms with Crippen molar-refractivity contribution in [2.24, 2.45) is 0 Å². The quantitative estimate of drug-likeness (QED) is 0.773. The highest BCUT2D eigenvalue weighted by molar-refractivity contribution is 5.55. The minimum Gasteiger partial charge on any atom is -0.390 e. The maximum atomic E-state index is 9.38. The number of hydrogen-bond donors (Lipinski definition) is 1. The van der Waals surface area contributed by atoms with Crippen LogP contribution in [0, 0.1) is 12.3 Å². The lowest BCUT2D eigenvalue weighted by Crippen LogP contribution is -2.19. The molecule has 0 saturated heterocycles. The Morgan fingerprint density at radius 2 is 2.38 bits per heavy atom. The predicted molar refractivity (Wildman–Crippen MR) is 63.2 cm³/mol. The van der Waals surface area contributed by atoms with Crippen LogP contribution in [0.25, 0.3) is 5.65 Å². The van der Waals surface area contributed by atoms with Gasteiger partial charge in [0.15, 0.2) is 5.82 Å². The second-order valence-corrected chi connectivity index (χ2v) is 3.53. The summed E-state index contributed by atoms with van der Waals surface area (Å²) in [6.07, 6.45) is 7.14. The number of rotatable bonds is 3. The molecule has 82 valence electrons. The highest BCUT2D eigenvalue weighted by Gasteiger charge is 2.13. The molecule has 2 aromatic heterocycles. The van der Waals surface area contributed by atoms with Crippen LogP contribution in [0.3, 0.4) is 0 Å². The van der Waals surface area contributed by atoms with Gasteiger partial charge in [0.25, 0.3) is 0 Å². The van der Waals surface area contributed by atoms with Gasteiger partial charge in [0.05, 0.1) is 18.8 Å². The van der Waals surface area contributed by atoms with E-state index >= 15 is 0 Å². The normalized spacial score (nSPS) is 10.3. The van der Waals surface area contributed by atoms with E-state index in [9.17, 15) is 5.11 Å². The Morgan fingerprint density at radius 3 is 3.06 bits per heavy atom. The molecule has 0 radical (unpaired) electrons. The van der Waals surface area contributed by atoms with Gasteiger partial charge in [0.2, 0.25) is 0 Å². The highest BCUT2D eigenvalue weighted by Crippen LogP contribution is 2.20. The number of anilines is 1. The highest BCUT2D eigenvalue weighted by atomic mass is 16.3. The van der Waals surface area contributed by atoms with Gasteiger partial charge in [-0.15, -0.1) is 6.42 Å². The van der Waals surface area contributed by atoms with E-state index in [0.29, 0.717) is 6.54 Å². The molecule has 4 heteroatoms. The van der Waals surface area contributed by atoms with E-state index in [1.165, 1.54) is 0 Å². The van der Waals surface area contributed by atoms with Crippen LogP contribution in [0.5, 0.6) is 0 Å². The van der Waals surface area contributed by atoms with E-state index in [1.807, 2.05) is 40.7 Å². The first-order chi connectivity index (χ1) is 7.77. The standard InChI is InChI=1S/C12H13N3O/c1-3-7-14(2)12-10(9-16)15-8-5-4-6-11(15)13-12/h1,4-6,8,16H,7,9H2,2H3. The number of aliphatic hydroxyl groups is 1. The molecule has 0 saturated carbocycles. The Balaban J connectivity index is 2.57. The van der Waals surface area contributed by atoms with Gasteiger partial charge in [0.1, 0.15) is 5.65 Å². The van der Waals surface area contributed by atoms with Gasteiger partial charge in [-0.1, -0.05) is 12.0 Å². The van der Waals surface area contributed by atoms with Crippen LogP contribution in [0.4, 0.5) is 5.82 Å². The molecule has 2 aromatic rings. The van der Waals surface area contributed by atoms with Gasteiger partial charge in [0, 0.05) is 13.2 Å². The number of aliphatic hydroxyl groups excluding tert-OH is 1. The molecule has 0 fully saturated rings. The molecule has 0 aliphatic heterocycles. The minimum absolute atomic E-state index is 0.0601. The lowest BCUT2D eigenvalue weighted by Gasteiger charge is -2.13. The Bertz CT molecular complexity index is 539. The van der Waals surface area contributed by atoms with E-state index in [2.05, 4.69) is 10.9 Å². The van der Waals surface area contributed by atoms with Gasteiger partial charge in [-0.3, -0.25) is 4.40 Å². The minimum atomic E-state index is -0.0601. The number of aromatic nitrogens is 2. The average molecular weight is 215 g/mol. The smallest absolute Gasteiger partial charge is 0.154 e. The van der Waals surface area contributed by atoms with Crippen LogP contribution >= 0.6 is 0 Å². The van der Waals surface area contributed by atoms with Crippen molar-refractivity contribution >= 4 is 11.5 Å². The van der Waals surface area contributed by atoms with Crippen LogP contribution in [0.1, 0.15) is 5.69 Å². The Morgan fingerprint density at radius 1 is 1.56 bits per heavy atom. The van der Waals surface area contributed by atoms with Crippen molar-refractivity contribution in [1.29, 1.82) is 0 Å². The number of imidazole rings is 1. The molecule has 0 spiro atoms. The topological polar surface area (TPSA) is 40.8 Å². The second-order valence-electron chi connectivity index (χ2n) is 3.53. The summed E-state index contributed by atoms with van der Waals surface area (Å²) >= 11 is 0. The SMILES string of the molecule is C#CCN(C)c1nc2ccccn2c1CO. The molecule has 0 bridgehead atoms. The zero-order valence-corrected chi connectivity index (χ0v) is 9.09. The van der Waals surface area contributed by atoms with Crippen molar-refractivity contribution in [3.63, 3.8) is 0 Å². The van der Waals surface area contributed by atoms with E-state index in [-0.39, 0.29) is 6.61 Å². The first kappa shape index (κ1) is 10.5. The molecular formula is C12H13N3O. The average Bonchev–Trinajstić information content (AvgIpc) is 2.67. The summed E-state index contributed by atoms with van der Waals surface area (Å²) in [5, 5.41) is 9.38. The molecule has 1 N–H and O–H groups in total. The largest absolute Gasteiger partial charge is 0.390 e. The van der Waals surface area contributed by atoms with E-state index in [1.54, 1.807) is 0 Å². The van der Waals surface area contributed by atoms with Crippen molar-refractivity contribution in [2.45, 2.75) is 6.61 Å². The monoisotopic (exact) mass is 215 g/mol. The number of nitrogens with zero attached hydrogens (tertiary/aromatic N) is 3. The Labute approximate surface area is 94.1 Å². The summed E-state index contributed by atoms with van der Waals surface area (Å²) in [5.74, 6) is 3.29. The van der Waals surface area contributed by atoms with Crippen molar-refractivity contribution < 1.29 is 5.11 Å². The van der Waals surface area contributed by atoms with E-state index in [0.717, 1.165) is 17.2 Å². The number of fused-ring (bicyclic) bond motifs is 1. The third kappa shape index (κ3) is 1.62. The molecular weight excluding hydrogens is 202 g/mol. The van der Waals surface area contributed by atoms with Gasteiger partial charge >= 0.3 is 0 Å². The van der Waals surface area contributed by atoms with Gasteiger partial charge in [-0.05, 0) is 12.1 Å². The number of pyridine rings is 1. The molecule has 0 aliphatic carbocycles. The number of hydrogen-bond acceptors (Lipinski definition) is 3. The lowest BCUT2D eigenvalue weighted by atomic mass is 10.4. The van der Waals surface area contributed by atoms with Gasteiger partial charge in [-0.25, -0.2) is 4.98 Å². The van der Waals surface area contributed by atoms with Crippen LogP contribution in [0.2, 0.25) is 0 Å². The fourth-order valence-corrected chi connectivity index (χ4v) is 1.70. The van der Waals surface area contributed by atoms with Crippen LogP contribution in [-0.4, -0.2) is 28.1 Å². The van der Waals surface area contributed by atoms with E-state index < -0.39 is 0 Å². The molecule has 0 atom stereocenters.